The lowest BCUT2D eigenvalue weighted by atomic mass is 10.1. The van der Waals surface area contributed by atoms with E-state index in [0.717, 1.165) is 0 Å². The van der Waals surface area contributed by atoms with Gasteiger partial charge in [-0.2, -0.15) is 9.97 Å². The van der Waals surface area contributed by atoms with E-state index in [4.69, 9.17) is 16.3 Å². The maximum atomic E-state index is 12.0. The van der Waals surface area contributed by atoms with E-state index in [0.29, 0.717) is 17.9 Å². The Morgan fingerprint density at radius 3 is 2.69 bits per heavy atom. The highest BCUT2D eigenvalue weighted by Crippen LogP contribution is 2.31. The van der Waals surface area contributed by atoms with E-state index in [1.165, 1.54) is 13.3 Å². The molecule has 0 aromatic carbocycles. The predicted octanol–water partition coefficient (Wildman–Crippen LogP) is 0.292. The number of carbonyl (C=O) groups is 1. The number of ether oxygens (including phenoxy) is 1. The lowest BCUT2D eigenvalue weighted by Crippen LogP contribution is -2.36. The van der Waals surface area contributed by atoms with Gasteiger partial charge in [-0.3, -0.25) is 0 Å². The Morgan fingerprint density at radius 2 is 2.06 bits per heavy atom. The van der Waals surface area contributed by atoms with Crippen LogP contribution in [-0.4, -0.2) is 82.3 Å². The van der Waals surface area contributed by atoms with Crippen LogP contribution in [0.3, 0.4) is 0 Å². The van der Waals surface area contributed by atoms with Crippen LogP contribution in [0.1, 0.15) is 28.0 Å². The molecule has 2 heterocycles. The van der Waals surface area contributed by atoms with Crippen molar-refractivity contribution in [2.45, 2.75) is 24.7 Å². The minimum Gasteiger partial charge on any atom is -0.464 e. The van der Waals surface area contributed by atoms with Crippen LogP contribution in [0.2, 0.25) is 5.15 Å². The van der Waals surface area contributed by atoms with Crippen LogP contribution in [0, 0.1) is 17.8 Å². The molecule has 170 valence electrons. The summed E-state index contributed by atoms with van der Waals surface area (Å²) in [5.41, 5.74) is 0.625. The Bertz CT molecular complexity index is 1050. The fourth-order valence-corrected chi connectivity index (χ4v) is 3.57. The van der Waals surface area contributed by atoms with Gasteiger partial charge in [-0.1, -0.05) is 23.4 Å². The van der Waals surface area contributed by atoms with E-state index in [2.05, 4.69) is 32.1 Å². The molecular weight excluding hydrogens is 438 g/mol. The standard InChI is InChI=1S/C21H24ClN5O5/c1-27(2)21-25-18(22)13(7-6-11-5-4-8-23-15(11)20(31)32-3)19(26-21)24-14-9-12(10-28)16(29)17(14)30/h4-5,8,12,14,16-17,28-30H,9-10H2,1-3H3,(H,24,25,26)/t12-,14-,16-,17+/m1/s1. The van der Waals surface area contributed by atoms with E-state index >= 15 is 0 Å². The molecule has 0 amide bonds. The molecule has 32 heavy (non-hydrogen) atoms. The third-order valence-corrected chi connectivity index (χ3v) is 5.39. The summed E-state index contributed by atoms with van der Waals surface area (Å²) >= 11 is 6.40. The van der Waals surface area contributed by atoms with Crippen LogP contribution in [-0.2, 0) is 4.74 Å². The predicted molar refractivity (Wildman–Crippen MR) is 118 cm³/mol. The van der Waals surface area contributed by atoms with Gasteiger partial charge in [0.15, 0.2) is 10.8 Å². The zero-order valence-electron chi connectivity index (χ0n) is 17.8. The van der Waals surface area contributed by atoms with Gasteiger partial charge in [0, 0.05) is 32.8 Å². The maximum absolute atomic E-state index is 12.0. The minimum absolute atomic E-state index is 0.0547. The van der Waals surface area contributed by atoms with Crippen LogP contribution in [0.25, 0.3) is 0 Å². The monoisotopic (exact) mass is 461 g/mol. The zero-order chi connectivity index (χ0) is 23.4. The van der Waals surface area contributed by atoms with E-state index in [1.807, 2.05) is 0 Å². The molecular formula is C21H24ClN5O5. The van der Waals surface area contributed by atoms with E-state index in [9.17, 15) is 20.1 Å². The van der Waals surface area contributed by atoms with Gasteiger partial charge >= 0.3 is 5.97 Å². The molecule has 2 aromatic rings. The first kappa shape index (κ1) is 23.7. The lowest BCUT2D eigenvalue weighted by molar-refractivity contribution is 0.00445. The summed E-state index contributed by atoms with van der Waals surface area (Å²) in [4.78, 5) is 26.3. The third-order valence-electron chi connectivity index (χ3n) is 5.12. The number of hydrogen-bond acceptors (Lipinski definition) is 10. The molecule has 2 aromatic heterocycles. The highest BCUT2D eigenvalue weighted by molar-refractivity contribution is 6.31. The molecule has 1 fully saturated rings. The minimum atomic E-state index is -1.12. The summed E-state index contributed by atoms with van der Waals surface area (Å²) < 4.78 is 4.74. The quantitative estimate of drug-likeness (QED) is 0.279. The molecule has 3 rings (SSSR count). The number of anilines is 2. The van der Waals surface area contributed by atoms with Crippen LogP contribution < -0.4 is 10.2 Å². The smallest absolute Gasteiger partial charge is 0.357 e. The number of aromatic nitrogens is 3. The Morgan fingerprint density at radius 1 is 1.31 bits per heavy atom. The number of nitrogens with zero attached hydrogens (tertiary/aromatic N) is 4. The molecule has 11 heteroatoms. The van der Waals surface area contributed by atoms with Crippen molar-refractivity contribution in [1.82, 2.24) is 15.0 Å². The van der Waals surface area contributed by atoms with Crippen molar-refractivity contribution in [2.24, 2.45) is 5.92 Å². The lowest BCUT2D eigenvalue weighted by Gasteiger charge is -2.21. The molecule has 1 saturated carbocycles. The topological polar surface area (TPSA) is 141 Å². The third kappa shape index (κ3) is 4.92. The second kappa shape index (κ2) is 10.1. The summed E-state index contributed by atoms with van der Waals surface area (Å²) in [6.07, 6.45) is -0.416. The van der Waals surface area contributed by atoms with Gasteiger partial charge in [0.25, 0.3) is 0 Å². The number of methoxy groups -OCH3 is 1. The number of aliphatic hydroxyl groups is 3. The molecule has 0 saturated heterocycles. The van der Waals surface area contributed by atoms with Gasteiger partial charge in [-0.05, 0) is 18.6 Å². The Labute approximate surface area is 190 Å². The zero-order valence-corrected chi connectivity index (χ0v) is 18.5. The largest absolute Gasteiger partial charge is 0.464 e. The van der Waals surface area contributed by atoms with E-state index < -0.39 is 30.1 Å². The fraction of sp³-hybridized carbons (Fsp3) is 0.429. The molecule has 0 unspecified atom stereocenters. The van der Waals surface area contributed by atoms with Crippen molar-refractivity contribution < 1.29 is 24.9 Å². The van der Waals surface area contributed by atoms with Crippen LogP contribution in [0.15, 0.2) is 18.3 Å². The molecule has 4 atom stereocenters. The van der Waals surface area contributed by atoms with Crippen molar-refractivity contribution in [3.05, 3.63) is 40.3 Å². The average Bonchev–Trinajstić information content (AvgIpc) is 3.05. The summed E-state index contributed by atoms with van der Waals surface area (Å²) in [6, 6.07) is 2.66. The molecule has 0 spiro atoms. The number of hydrogen-bond donors (Lipinski definition) is 4. The second-order valence-corrected chi connectivity index (χ2v) is 7.84. The maximum Gasteiger partial charge on any atom is 0.357 e. The van der Waals surface area contributed by atoms with Crippen LogP contribution in [0.5, 0.6) is 0 Å². The summed E-state index contributed by atoms with van der Waals surface area (Å²) in [5.74, 6) is 5.20. The highest BCUT2D eigenvalue weighted by Gasteiger charge is 2.41. The second-order valence-electron chi connectivity index (χ2n) is 7.48. The van der Waals surface area contributed by atoms with Gasteiger partial charge in [-0.25, -0.2) is 9.78 Å². The molecule has 0 aliphatic heterocycles. The fourth-order valence-electron chi connectivity index (χ4n) is 3.36. The number of rotatable bonds is 5. The Hall–Kier alpha value is -2.97. The Kier molecular flexibility index (Phi) is 7.48. The first-order chi connectivity index (χ1) is 15.3. The number of pyridine rings is 1. The van der Waals surface area contributed by atoms with E-state index in [1.54, 1.807) is 31.1 Å². The van der Waals surface area contributed by atoms with Crippen LogP contribution >= 0.6 is 11.6 Å². The molecule has 4 N–H and O–H groups in total. The summed E-state index contributed by atoms with van der Waals surface area (Å²) in [7, 11) is 4.74. The van der Waals surface area contributed by atoms with Crippen molar-refractivity contribution in [3.63, 3.8) is 0 Å². The number of carbonyl (C=O) groups excluding carboxylic acids is 1. The van der Waals surface area contributed by atoms with E-state index in [-0.39, 0.29) is 28.8 Å². The van der Waals surface area contributed by atoms with Gasteiger partial charge in [0.2, 0.25) is 5.95 Å². The van der Waals surface area contributed by atoms with Gasteiger partial charge in [-0.15, -0.1) is 0 Å². The van der Waals surface area contributed by atoms with Gasteiger partial charge in [0.05, 0.1) is 24.8 Å². The Balaban J connectivity index is 2.03. The van der Waals surface area contributed by atoms with Gasteiger partial charge < -0.3 is 30.3 Å². The average molecular weight is 462 g/mol. The highest BCUT2D eigenvalue weighted by atomic mass is 35.5. The number of nitrogens with one attached hydrogen (secondary N) is 1. The normalized spacial score (nSPS) is 22.1. The SMILES string of the molecule is COC(=O)c1ncccc1C#Cc1c(Cl)nc(N(C)C)nc1N[C@@H]1C[C@H](CO)[C@@H](O)[C@H]1O. The molecule has 10 nitrogen and oxygen atoms in total. The van der Waals surface area contributed by atoms with Crippen molar-refractivity contribution in [3.8, 4) is 11.8 Å². The van der Waals surface area contributed by atoms with Crippen molar-refractivity contribution in [2.75, 3.05) is 38.0 Å². The first-order valence-electron chi connectivity index (χ1n) is 9.80. The summed E-state index contributed by atoms with van der Waals surface area (Å²) in [5, 5.41) is 33.1. The number of aliphatic hydroxyl groups excluding tert-OH is 3. The molecule has 0 radical (unpaired) electrons. The number of esters is 1. The molecule has 1 aliphatic carbocycles. The summed E-state index contributed by atoms with van der Waals surface area (Å²) in [6.45, 7) is -0.256. The van der Waals surface area contributed by atoms with Crippen molar-refractivity contribution >= 4 is 29.3 Å². The van der Waals surface area contributed by atoms with Crippen molar-refractivity contribution in [1.29, 1.82) is 0 Å². The van der Waals surface area contributed by atoms with Gasteiger partial charge in [0.1, 0.15) is 17.5 Å². The number of halogens is 1. The molecule has 1 aliphatic rings. The first-order valence-corrected chi connectivity index (χ1v) is 10.2. The molecule has 0 bridgehead atoms. The van der Waals surface area contributed by atoms with Crippen LogP contribution in [0.4, 0.5) is 11.8 Å².